The van der Waals surface area contributed by atoms with E-state index >= 15 is 0 Å². The summed E-state index contributed by atoms with van der Waals surface area (Å²) in [5.41, 5.74) is 0.186. The third-order valence-electron chi connectivity index (χ3n) is 6.65. The van der Waals surface area contributed by atoms with Crippen molar-refractivity contribution in [3.05, 3.63) is 17.2 Å². The van der Waals surface area contributed by atoms with Crippen LogP contribution in [0, 0.1) is 5.82 Å². The van der Waals surface area contributed by atoms with E-state index in [9.17, 15) is 9.50 Å². The minimum absolute atomic E-state index is 0.0577. The first-order valence-electron chi connectivity index (χ1n) is 10.4. The van der Waals surface area contributed by atoms with Crippen molar-refractivity contribution in [2.24, 2.45) is 0 Å². The van der Waals surface area contributed by atoms with Crippen LogP contribution in [-0.4, -0.2) is 69.4 Å². The molecular weight excluding hydrogens is 397 g/mol. The van der Waals surface area contributed by atoms with Crippen LogP contribution in [0.2, 0.25) is 5.15 Å². The zero-order valence-corrected chi connectivity index (χ0v) is 17.0. The van der Waals surface area contributed by atoms with Crippen molar-refractivity contribution in [2.45, 2.75) is 50.2 Å². The first-order valence-corrected chi connectivity index (χ1v) is 10.8. The van der Waals surface area contributed by atoms with Gasteiger partial charge in [-0.25, -0.2) is 9.37 Å². The predicted molar refractivity (Wildman–Crippen MR) is 108 cm³/mol. The van der Waals surface area contributed by atoms with Crippen molar-refractivity contribution in [1.29, 1.82) is 0 Å². The van der Waals surface area contributed by atoms with Crippen molar-refractivity contribution in [1.82, 2.24) is 19.9 Å². The van der Waals surface area contributed by atoms with Gasteiger partial charge < -0.3 is 14.7 Å². The molecule has 2 aromatic heterocycles. The Labute approximate surface area is 173 Å². The molecule has 7 nitrogen and oxygen atoms in total. The number of anilines is 1. The summed E-state index contributed by atoms with van der Waals surface area (Å²) in [5.74, 6) is -0.0663. The van der Waals surface area contributed by atoms with E-state index in [1.165, 1.54) is 19.0 Å². The number of halogens is 2. The molecule has 1 N–H and O–H groups in total. The summed E-state index contributed by atoms with van der Waals surface area (Å²) in [5, 5.41) is 10.1. The number of aliphatic hydroxyl groups is 1. The summed E-state index contributed by atoms with van der Waals surface area (Å²) >= 11 is 5.91. The number of piperidine rings is 1. The standard InChI is InChI=1S/C20H25ClFN5O2/c21-17-15(22)16-14(11-23-17)18(26-9-3-13(28)4-10-26)25-19(24-16)29-12-20-5-1-7-27(20)8-2-6-20/h11,13,28H,1-10,12H2. The van der Waals surface area contributed by atoms with Gasteiger partial charge in [0.05, 0.1) is 17.0 Å². The van der Waals surface area contributed by atoms with Crippen LogP contribution < -0.4 is 9.64 Å². The van der Waals surface area contributed by atoms with Gasteiger partial charge in [0.2, 0.25) is 0 Å². The lowest BCUT2D eigenvalue weighted by Gasteiger charge is -2.32. The average Bonchev–Trinajstić information content (AvgIpc) is 3.30. The zero-order chi connectivity index (χ0) is 20.0. The largest absolute Gasteiger partial charge is 0.461 e. The van der Waals surface area contributed by atoms with E-state index in [0.717, 1.165) is 25.9 Å². The number of pyridine rings is 1. The molecule has 5 rings (SSSR count). The van der Waals surface area contributed by atoms with Gasteiger partial charge >= 0.3 is 6.01 Å². The SMILES string of the molecule is OC1CCN(c2nc(OCC34CCCN3CCC4)nc3c(F)c(Cl)ncc23)CC1. The highest BCUT2D eigenvalue weighted by atomic mass is 35.5. The second kappa shape index (κ2) is 7.49. The summed E-state index contributed by atoms with van der Waals surface area (Å²) in [6.45, 7) is 4.00. The highest BCUT2D eigenvalue weighted by Gasteiger charge is 2.45. The number of fused-ring (bicyclic) bond motifs is 2. The van der Waals surface area contributed by atoms with Crippen molar-refractivity contribution in [3.63, 3.8) is 0 Å². The molecule has 0 saturated carbocycles. The van der Waals surface area contributed by atoms with Crippen LogP contribution >= 0.6 is 11.6 Å². The normalized spacial score (nSPS) is 22.4. The number of ether oxygens (including phenoxy) is 1. The summed E-state index contributed by atoms with van der Waals surface area (Å²) < 4.78 is 20.8. The minimum Gasteiger partial charge on any atom is -0.461 e. The maximum atomic E-state index is 14.7. The molecule has 0 unspecified atom stereocenters. The highest BCUT2D eigenvalue weighted by Crippen LogP contribution is 2.39. The van der Waals surface area contributed by atoms with Gasteiger partial charge in [-0.3, -0.25) is 4.90 Å². The first kappa shape index (κ1) is 19.2. The smallest absolute Gasteiger partial charge is 0.319 e. The minimum atomic E-state index is -0.656. The first-order chi connectivity index (χ1) is 14.1. The molecule has 3 saturated heterocycles. The Morgan fingerprint density at radius 1 is 1.17 bits per heavy atom. The fourth-order valence-corrected chi connectivity index (χ4v) is 5.18. The van der Waals surface area contributed by atoms with Crippen molar-refractivity contribution >= 4 is 28.3 Å². The van der Waals surface area contributed by atoms with E-state index in [4.69, 9.17) is 16.3 Å². The van der Waals surface area contributed by atoms with Gasteiger partial charge in [0, 0.05) is 19.3 Å². The number of hydrogen-bond donors (Lipinski definition) is 1. The Hall–Kier alpha value is -1.77. The van der Waals surface area contributed by atoms with E-state index in [1.54, 1.807) is 0 Å². The van der Waals surface area contributed by atoms with E-state index in [2.05, 4.69) is 19.9 Å². The highest BCUT2D eigenvalue weighted by molar-refractivity contribution is 6.30. The Kier molecular flexibility index (Phi) is 4.96. The van der Waals surface area contributed by atoms with Crippen LogP contribution in [0.3, 0.4) is 0 Å². The molecule has 3 fully saturated rings. The second-order valence-corrected chi connectivity index (χ2v) is 8.74. The van der Waals surface area contributed by atoms with Crippen LogP contribution in [0.5, 0.6) is 6.01 Å². The topological polar surface area (TPSA) is 74.6 Å². The number of hydrogen-bond acceptors (Lipinski definition) is 7. The lowest BCUT2D eigenvalue weighted by molar-refractivity contribution is 0.107. The molecule has 9 heteroatoms. The van der Waals surface area contributed by atoms with E-state index in [0.29, 0.717) is 43.7 Å². The maximum Gasteiger partial charge on any atom is 0.319 e. The van der Waals surface area contributed by atoms with Crippen LogP contribution in [0.15, 0.2) is 6.20 Å². The number of rotatable bonds is 4. The molecule has 0 radical (unpaired) electrons. The van der Waals surface area contributed by atoms with Gasteiger partial charge in [0.15, 0.2) is 11.0 Å². The second-order valence-electron chi connectivity index (χ2n) is 8.38. The molecule has 29 heavy (non-hydrogen) atoms. The molecule has 0 atom stereocenters. The van der Waals surface area contributed by atoms with Gasteiger partial charge in [0.1, 0.15) is 17.9 Å². The number of nitrogens with zero attached hydrogens (tertiary/aromatic N) is 5. The fourth-order valence-electron chi connectivity index (χ4n) is 5.04. The Balaban J connectivity index is 1.49. The van der Waals surface area contributed by atoms with Gasteiger partial charge in [0.25, 0.3) is 0 Å². The molecule has 0 aromatic carbocycles. The molecular formula is C20H25ClFN5O2. The summed E-state index contributed by atoms with van der Waals surface area (Å²) in [6, 6.07) is 0.174. The fraction of sp³-hybridized carbons (Fsp3) is 0.650. The summed E-state index contributed by atoms with van der Waals surface area (Å²) in [7, 11) is 0. The monoisotopic (exact) mass is 421 g/mol. The van der Waals surface area contributed by atoms with E-state index in [1.807, 2.05) is 4.90 Å². The number of aromatic nitrogens is 3. The van der Waals surface area contributed by atoms with Gasteiger partial charge in [-0.15, -0.1) is 0 Å². The summed E-state index contributed by atoms with van der Waals surface area (Å²) in [4.78, 5) is 17.5. The van der Waals surface area contributed by atoms with Gasteiger partial charge in [-0.2, -0.15) is 9.97 Å². The third-order valence-corrected chi connectivity index (χ3v) is 6.91. The van der Waals surface area contributed by atoms with Crippen molar-refractivity contribution in [3.8, 4) is 6.01 Å². The Morgan fingerprint density at radius 3 is 2.62 bits per heavy atom. The summed E-state index contributed by atoms with van der Waals surface area (Å²) in [6.07, 6.45) is 7.07. The van der Waals surface area contributed by atoms with Crippen LogP contribution in [0.1, 0.15) is 38.5 Å². The predicted octanol–water partition coefficient (Wildman–Crippen LogP) is 2.79. The number of aliphatic hydroxyl groups excluding tert-OH is 1. The van der Waals surface area contributed by atoms with Crippen LogP contribution in [0.4, 0.5) is 10.2 Å². The molecule has 3 aliphatic rings. The Bertz CT molecular complexity index is 911. The quantitative estimate of drug-likeness (QED) is 0.761. The Morgan fingerprint density at radius 2 is 1.90 bits per heavy atom. The molecule has 3 aliphatic heterocycles. The molecule has 5 heterocycles. The zero-order valence-electron chi connectivity index (χ0n) is 16.3. The molecule has 0 aliphatic carbocycles. The van der Waals surface area contributed by atoms with Crippen molar-refractivity contribution < 1.29 is 14.2 Å². The average molecular weight is 422 g/mol. The maximum absolute atomic E-state index is 14.7. The molecule has 0 bridgehead atoms. The van der Waals surface area contributed by atoms with E-state index < -0.39 is 5.82 Å². The lowest BCUT2D eigenvalue weighted by Crippen LogP contribution is -2.43. The van der Waals surface area contributed by atoms with Crippen LogP contribution in [0.25, 0.3) is 10.9 Å². The molecule has 2 aromatic rings. The van der Waals surface area contributed by atoms with Gasteiger partial charge in [-0.05, 0) is 51.6 Å². The van der Waals surface area contributed by atoms with Gasteiger partial charge in [-0.1, -0.05) is 11.6 Å². The third kappa shape index (κ3) is 3.41. The van der Waals surface area contributed by atoms with E-state index in [-0.39, 0.29) is 28.3 Å². The molecule has 0 spiro atoms. The van der Waals surface area contributed by atoms with Crippen molar-refractivity contribution in [2.75, 3.05) is 37.7 Å². The van der Waals surface area contributed by atoms with Crippen LogP contribution in [-0.2, 0) is 0 Å². The molecule has 0 amide bonds. The lowest BCUT2D eigenvalue weighted by atomic mass is 9.95. The molecule has 156 valence electrons.